The molecule has 1 N–H and O–H groups in total. The summed E-state index contributed by atoms with van der Waals surface area (Å²) in [6.45, 7) is 7.89. The predicted octanol–water partition coefficient (Wildman–Crippen LogP) is 1.58. The third kappa shape index (κ3) is 3.47. The molecular weight excluding hydrogens is 240 g/mol. The Labute approximate surface area is 114 Å². The third-order valence-corrected chi connectivity index (χ3v) is 3.71. The molecule has 0 aliphatic carbocycles. The first kappa shape index (κ1) is 13.9. The minimum atomic E-state index is 0.0577. The highest BCUT2D eigenvalue weighted by Crippen LogP contribution is 2.14. The quantitative estimate of drug-likeness (QED) is 0.899. The summed E-state index contributed by atoms with van der Waals surface area (Å²) in [6.07, 6.45) is 0. The molecule has 19 heavy (non-hydrogen) atoms. The van der Waals surface area contributed by atoms with E-state index in [0.717, 1.165) is 24.4 Å². The second-order valence-corrected chi connectivity index (χ2v) is 5.18. The van der Waals surface area contributed by atoms with Gasteiger partial charge < -0.3 is 15.0 Å². The number of rotatable bonds is 3. The fourth-order valence-corrected chi connectivity index (χ4v) is 2.34. The number of ether oxygens (including phenoxy) is 1. The van der Waals surface area contributed by atoms with Crippen LogP contribution >= 0.6 is 0 Å². The molecular formula is C15H22N2O2. The summed E-state index contributed by atoms with van der Waals surface area (Å²) in [5.74, 6) is 0.812. The van der Waals surface area contributed by atoms with Crippen molar-refractivity contribution >= 4 is 5.91 Å². The van der Waals surface area contributed by atoms with Crippen molar-refractivity contribution in [3.63, 3.8) is 0 Å². The van der Waals surface area contributed by atoms with Gasteiger partial charge in [0.05, 0.1) is 0 Å². The number of carbonyl (C=O) groups is 1. The molecule has 104 valence electrons. The fourth-order valence-electron chi connectivity index (χ4n) is 2.34. The first-order valence-corrected chi connectivity index (χ1v) is 6.80. The first-order chi connectivity index (χ1) is 9.08. The van der Waals surface area contributed by atoms with Gasteiger partial charge >= 0.3 is 0 Å². The highest BCUT2D eigenvalue weighted by molar-refractivity contribution is 5.78. The molecule has 1 fully saturated rings. The lowest BCUT2D eigenvalue weighted by Gasteiger charge is -2.38. The normalized spacial score (nSPS) is 23.2. The summed E-state index contributed by atoms with van der Waals surface area (Å²) in [5.41, 5.74) is 1.13. The SMILES string of the molecule is Cc1cccc(OCC(=O)N2CCNC(C)C2C)c1. The molecule has 1 aliphatic rings. The van der Waals surface area contributed by atoms with Crippen LogP contribution in [-0.4, -0.2) is 42.6 Å². The van der Waals surface area contributed by atoms with Gasteiger partial charge in [0.1, 0.15) is 5.75 Å². The van der Waals surface area contributed by atoms with E-state index >= 15 is 0 Å². The predicted molar refractivity (Wildman–Crippen MR) is 75.3 cm³/mol. The zero-order chi connectivity index (χ0) is 13.8. The van der Waals surface area contributed by atoms with Gasteiger partial charge in [-0.3, -0.25) is 4.79 Å². The molecule has 1 aromatic rings. The van der Waals surface area contributed by atoms with Crippen LogP contribution < -0.4 is 10.1 Å². The van der Waals surface area contributed by atoms with E-state index in [2.05, 4.69) is 19.2 Å². The largest absolute Gasteiger partial charge is 0.484 e. The molecule has 0 saturated carbocycles. The van der Waals surface area contributed by atoms with E-state index in [1.54, 1.807) is 0 Å². The number of aryl methyl sites for hydroxylation is 1. The monoisotopic (exact) mass is 262 g/mol. The van der Waals surface area contributed by atoms with Gasteiger partial charge in [-0.15, -0.1) is 0 Å². The summed E-state index contributed by atoms with van der Waals surface area (Å²) in [6, 6.07) is 8.31. The Balaban J connectivity index is 1.90. The summed E-state index contributed by atoms with van der Waals surface area (Å²) in [4.78, 5) is 14.1. The molecule has 2 rings (SSSR count). The molecule has 1 aliphatic heterocycles. The third-order valence-electron chi connectivity index (χ3n) is 3.71. The van der Waals surface area contributed by atoms with Crippen molar-refractivity contribution in [3.8, 4) is 5.75 Å². The topological polar surface area (TPSA) is 41.6 Å². The molecule has 0 radical (unpaired) electrons. The Kier molecular flexibility index (Phi) is 4.43. The maximum Gasteiger partial charge on any atom is 0.260 e. The molecule has 0 bridgehead atoms. The molecule has 1 saturated heterocycles. The van der Waals surface area contributed by atoms with Crippen LogP contribution in [0.1, 0.15) is 19.4 Å². The molecule has 2 atom stereocenters. The number of hydrogen-bond donors (Lipinski definition) is 1. The van der Waals surface area contributed by atoms with Crippen molar-refractivity contribution in [1.82, 2.24) is 10.2 Å². The van der Waals surface area contributed by atoms with Crippen LogP contribution in [0, 0.1) is 6.92 Å². The molecule has 1 aromatic carbocycles. The van der Waals surface area contributed by atoms with Gasteiger partial charge in [-0.2, -0.15) is 0 Å². The summed E-state index contributed by atoms with van der Waals surface area (Å²) in [5, 5.41) is 3.36. The van der Waals surface area contributed by atoms with E-state index in [1.807, 2.05) is 36.1 Å². The van der Waals surface area contributed by atoms with Gasteiger partial charge in [-0.1, -0.05) is 12.1 Å². The van der Waals surface area contributed by atoms with Gasteiger partial charge in [0, 0.05) is 25.2 Å². The number of nitrogens with one attached hydrogen (secondary N) is 1. The zero-order valence-corrected chi connectivity index (χ0v) is 11.8. The minimum absolute atomic E-state index is 0.0577. The maximum absolute atomic E-state index is 12.2. The lowest BCUT2D eigenvalue weighted by Crippen LogP contribution is -2.58. The maximum atomic E-state index is 12.2. The molecule has 2 unspecified atom stereocenters. The lowest BCUT2D eigenvalue weighted by atomic mass is 10.1. The van der Waals surface area contributed by atoms with Crippen molar-refractivity contribution in [2.75, 3.05) is 19.7 Å². The first-order valence-electron chi connectivity index (χ1n) is 6.80. The second kappa shape index (κ2) is 6.06. The van der Waals surface area contributed by atoms with E-state index in [0.29, 0.717) is 6.04 Å². The minimum Gasteiger partial charge on any atom is -0.484 e. The number of hydrogen-bond acceptors (Lipinski definition) is 3. The number of nitrogens with zero attached hydrogens (tertiary/aromatic N) is 1. The van der Waals surface area contributed by atoms with Crippen molar-refractivity contribution in [3.05, 3.63) is 29.8 Å². The number of amides is 1. The Morgan fingerprint density at radius 1 is 1.47 bits per heavy atom. The zero-order valence-electron chi connectivity index (χ0n) is 11.8. The average Bonchev–Trinajstić information content (AvgIpc) is 2.39. The van der Waals surface area contributed by atoms with Crippen molar-refractivity contribution in [2.24, 2.45) is 0 Å². The summed E-state index contributed by atoms with van der Waals surface area (Å²) < 4.78 is 5.57. The van der Waals surface area contributed by atoms with Gasteiger partial charge in [0.15, 0.2) is 6.61 Å². The van der Waals surface area contributed by atoms with Crippen molar-refractivity contribution in [1.29, 1.82) is 0 Å². The van der Waals surface area contributed by atoms with Crippen LogP contribution in [0.3, 0.4) is 0 Å². The highest BCUT2D eigenvalue weighted by Gasteiger charge is 2.28. The Morgan fingerprint density at radius 3 is 3.00 bits per heavy atom. The summed E-state index contributed by atoms with van der Waals surface area (Å²) >= 11 is 0. The van der Waals surface area contributed by atoms with Crippen molar-refractivity contribution < 1.29 is 9.53 Å². The number of piperazine rings is 1. The number of carbonyl (C=O) groups excluding carboxylic acids is 1. The van der Waals surface area contributed by atoms with Crippen molar-refractivity contribution in [2.45, 2.75) is 32.9 Å². The van der Waals surface area contributed by atoms with Crippen LogP contribution in [0.4, 0.5) is 0 Å². The molecule has 0 spiro atoms. The fraction of sp³-hybridized carbons (Fsp3) is 0.533. The van der Waals surface area contributed by atoms with Gasteiger partial charge in [0.25, 0.3) is 5.91 Å². The van der Waals surface area contributed by atoms with E-state index in [1.165, 1.54) is 0 Å². The van der Waals surface area contributed by atoms with E-state index < -0.39 is 0 Å². The van der Waals surface area contributed by atoms with Crippen LogP contribution in [0.2, 0.25) is 0 Å². The number of benzene rings is 1. The van der Waals surface area contributed by atoms with Gasteiger partial charge in [0.2, 0.25) is 0 Å². The Hall–Kier alpha value is -1.55. The standard InChI is InChI=1S/C15H22N2O2/c1-11-5-4-6-14(9-11)19-10-15(18)17-8-7-16-12(2)13(17)3/h4-6,9,12-13,16H,7-8,10H2,1-3H3. The molecule has 0 aromatic heterocycles. The van der Waals surface area contributed by atoms with E-state index in [4.69, 9.17) is 4.74 Å². The molecule has 4 heteroatoms. The highest BCUT2D eigenvalue weighted by atomic mass is 16.5. The smallest absolute Gasteiger partial charge is 0.260 e. The van der Waals surface area contributed by atoms with Crippen LogP contribution in [0.25, 0.3) is 0 Å². The lowest BCUT2D eigenvalue weighted by molar-refractivity contribution is -0.137. The molecule has 4 nitrogen and oxygen atoms in total. The van der Waals surface area contributed by atoms with Gasteiger partial charge in [-0.05, 0) is 38.5 Å². The molecule has 1 amide bonds. The van der Waals surface area contributed by atoms with Crippen LogP contribution in [-0.2, 0) is 4.79 Å². The Morgan fingerprint density at radius 2 is 2.26 bits per heavy atom. The second-order valence-electron chi connectivity index (χ2n) is 5.18. The van der Waals surface area contributed by atoms with Gasteiger partial charge in [-0.25, -0.2) is 0 Å². The van der Waals surface area contributed by atoms with E-state index in [9.17, 15) is 4.79 Å². The van der Waals surface area contributed by atoms with Crippen LogP contribution in [0.5, 0.6) is 5.75 Å². The van der Waals surface area contributed by atoms with E-state index in [-0.39, 0.29) is 18.6 Å². The van der Waals surface area contributed by atoms with Crippen LogP contribution in [0.15, 0.2) is 24.3 Å². The Bertz CT molecular complexity index is 448. The molecule has 1 heterocycles. The summed E-state index contributed by atoms with van der Waals surface area (Å²) in [7, 11) is 0. The average molecular weight is 262 g/mol.